The van der Waals surface area contributed by atoms with Crippen LogP contribution in [0.4, 0.5) is 0 Å². The lowest BCUT2D eigenvalue weighted by Crippen LogP contribution is -2.53. The molecule has 3 rings (SSSR count). The molecule has 2 aliphatic heterocycles. The summed E-state index contributed by atoms with van der Waals surface area (Å²) < 4.78 is 18.3. The molecule has 0 N–H and O–H groups in total. The molecule has 1 aliphatic carbocycles. The Labute approximate surface area is 186 Å². The minimum atomic E-state index is -0.861. The number of ether oxygens (including phenoxy) is 3. The highest BCUT2D eigenvalue weighted by atomic mass is 16.7. The number of carbonyl (C=O) groups is 2. The monoisotopic (exact) mass is 430 g/mol. The fourth-order valence-corrected chi connectivity index (χ4v) is 5.32. The molecule has 7 unspecified atom stereocenters. The lowest BCUT2D eigenvalue weighted by atomic mass is 9.67. The minimum absolute atomic E-state index is 0.0172. The van der Waals surface area contributed by atoms with Crippen LogP contribution >= 0.6 is 0 Å². The molecule has 3 aliphatic rings. The van der Waals surface area contributed by atoms with E-state index >= 15 is 0 Å². The lowest BCUT2D eigenvalue weighted by Gasteiger charge is -2.40. The molecule has 5 nitrogen and oxygen atoms in total. The van der Waals surface area contributed by atoms with Gasteiger partial charge in [0.15, 0.2) is 12.4 Å². The fourth-order valence-electron chi connectivity index (χ4n) is 5.32. The third-order valence-corrected chi connectivity index (χ3v) is 7.33. The molecule has 0 spiro atoms. The summed E-state index contributed by atoms with van der Waals surface area (Å²) in [6.45, 7) is 16.2. The minimum Gasteiger partial charge on any atom is -0.450 e. The molecule has 7 atom stereocenters. The van der Waals surface area contributed by atoms with E-state index in [1.54, 1.807) is 26.8 Å². The van der Waals surface area contributed by atoms with Crippen molar-refractivity contribution in [2.45, 2.75) is 91.8 Å². The molecule has 0 aromatic carbocycles. The van der Waals surface area contributed by atoms with Gasteiger partial charge in [0.2, 0.25) is 5.78 Å². The van der Waals surface area contributed by atoms with E-state index in [1.807, 2.05) is 0 Å². The summed E-state index contributed by atoms with van der Waals surface area (Å²) in [5, 5.41) is 0. The maximum absolute atomic E-state index is 13.2. The molecule has 2 heterocycles. The Bertz CT molecular complexity index is 777. The number of Topliss-reactive ketones (excluding diaryl/α,β-unsaturated/α-hetero) is 1. The van der Waals surface area contributed by atoms with Crippen molar-refractivity contribution >= 4 is 11.8 Å². The predicted molar refractivity (Wildman–Crippen MR) is 120 cm³/mol. The summed E-state index contributed by atoms with van der Waals surface area (Å²) in [4.78, 5) is 25.8. The van der Waals surface area contributed by atoms with Crippen molar-refractivity contribution in [3.05, 3.63) is 35.5 Å². The van der Waals surface area contributed by atoms with E-state index in [1.165, 1.54) is 5.57 Å². The highest BCUT2D eigenvalue weighted by Gasteiger charge is 2.59. The van der Waals surface area contributed by atoms with E-state index in [9.17, 15) is 9.59 Å². The molecule has 31 heavy (non-hydrogen) atoms. The maximum atomic E-state index is 13.2. The van der Waals surface area contributed by atoms with Crippen LogP contribution in [0.15, 0.2) is 35.5 Å². The summed E-state index contributed by atoms with van der Waals surface area (Å²) in [6.07, 6.45) is 5.51. The van der Waals surface area contributed by atoms with Gasteiger partial charge in [-0.2, -0.15) is 0 Å². The van der Waals surface area contributed by atoms with Crippen LogP contribution in [-0.4, -0.2) is 36.4 Å². The van der Waals surface area contributed by atoms with Gasteiger partial charge in [-0.25, -0.2) is 4.79 Å². The number of rotatable bonds is 3. The quantitative estimate of drug-likeness (QED) is 0.352. The zero-order valence-electron chi connectivity index (χ0n) is 19.9. The molecule has 0 amide bonds. The van der Waals surface area contributed by atoms with E-state index in [-0.39, 0.29) is 23.7 Å². The number of carbonyl (C=O) groups excluding carboxylic acids is 2. The van der Waals surface area contributed by atoms with Crippen LogP contribution in [0.2, 0.25) is 0 Å². The molecule has 5 heteroatoms. The van der Waals surface area contributed by atoms with E-state index in [0.29, 0.717) is 17.4 Å². The largest absolute Gasteiger partial charge is 0.450 e. The van der Waals surface area contributed by atoms with Gasteiger partial charge in [0.05, 0.1) is 12.0 Å². The number of hydrogen-bond donors (Lipinski definition) is 0. The van der Waals surface area contributed by atoms with Crippen LogP contribution < -0.4 is 0 Å². The van der Waals surface area contributed by atoms with Gasteiger partial charge in [-0.05, 0) is 70.8 Å². The number of hydrogen-bond acceptors (Lipinski definition) is 5. The van der Waals surface area contributed by atoms with Gasteiger partial charge in [0.1, 0.15) is 6.10 Å². The second kappa shape index (κ2) is 9.83. The van der Waals surface area contributed by atoms with Gasteiger partial charge in [-0.15, -0.1) is 0 Å². The second-order valence-corrected chi connectivity index (χ2v) is 9.75. The Morgan fingerprint density at radius 1 is 1.26 bits per heavy atom. The van der Waals surface area contributed by atoms with E-state index < -0.39 is 24.5 Å². The Hall–Kier alpha value is -1.72. The first-order valence-electron chi connectivity index (χ1n) is 11.7. The Kier molecular flexibility index (Phi) is 7.59. The van der Waals surface area contributed by atoms with Crippen LogP contribution in [0.5, 0.6) is 0 Å². The zero-order valence-corrected chi connectivity index (χ0v) is 19.9. The molecule has 0 bridgehead atoms. The van der Waals surface area contributed by atoms with Crippen molar-refractivity contribution in [1.29, 1.82) is 0 Å². The van der Waals surface area contributed by atoms with Crippen molar-refractivity contribution in [1.82, 2.24) is 0 Å². The maximum Gasteiger partial charge on any atom is 0.334 e. The summed E-state index contributed by atoms with van der Waals surface area (Å²) in [6, 6.07) is 0. The average Bonchev–Trinajstić information content (AvgIpc) is 3.08. The molecule has 172 valence electrons. The molecule has 2 fully saturated rings. The van der Waals surface area contributed by atoms with E-state index in [0.717, 1.165) is 31.3 Å². The smallest absolute Gasteiger partial charge is 0.334 e. The summed E-state index contributed by atoms with van der Waals surface area (Å²) in [5.74, 6) is -0.247. The third kappa shape index (κ3) is 4.88. The van der Waals surface area contributed by atoms with Gasteiger partial charge < -0.3 is 14.2 Å². The van der Waals surface area contributed by atoms with Crippen LogP contribution in [0.3, 0.4) is 0 Å². The second-order valence-electron chi connectivity index (χ2n) is 9.75. The Morgan fingerprint density at radius 3 is 2.61 bits per heavy atom. The van der Waals surface area contributed by atoms with E-state index in [4.69, 9.17) is 14.2 Å². The SMILES string of the molecule is C=C1CCC=C(C)CCC(C(C)C)C2C1OC1OC(C)C(=O)C(OC(=O)C(C)=CC)C12. The molecular weight excluding hydrogens is 392 g/mol. The number of ketones is 1. The molecule has 0 radical (unpaired) electrons. The normalized spacial score (nSPS) is 37.2. The van der Waals surface area contributed by atoms with Crippen LogP contribution in [0, 0.1) is 23.7 Å². The summed E-state index contributed by atoms with van der Waals surface area (Å²) in [5.41, 5.74) is 2.92. The molecular formula is C26H38O5. The van der Waals surface area contributed by atoms with Crippen molar-refractivity contribution in [3.63, 3.8) is 0 Å². The Balaban J connectivity index is 2.02. The predicted octanol–water partition coefficient (Wildman–Crippen LogP) is 5.16. The third-order valence-electron chi connectivity index (χ3n) is 7.33. The molecule has 0 aromatic rings. The molecule has 0 saturated carbocycles. The zero-order chi connectivity index (χ0) is 22.9. The van der Waals surface area contributed by atoms with E-state index in [2.05, 4.69) is 33.4 Å². The van der Waals surface area contributed by atoms with Gasteiger partial charge in [0.25, 0.3) is 0 Å². The van der Waals surface area contributed by atoms with Gasteiger partial charge in [0, 0.05) is 11.5 Å². The highest BCUT2D eigenvalue weighted by molar-refractivity contribution is 5.93. The summed E-state index contributed by atoms with van der Waals surface area (Å²) in [7, 11) is 0. The van der Waals surface area contributed by atoms with Gasteiger partial charge in [-0.1, -0.05) is 38.2 Å². The highest BCUT2D eigenvalue weighted by Crippen LogP contribution is 2.50. The van der Waals surface area contributed by atoms with Crippen LogP contribution in [-0.2, 0) is 23.8 Å². The van der Waals surface area contributed by atoms with Crippen molar-refractivity contribution in [2.75, 3.05) is 0 Å². The van der Waals surface area contributed by atoms with Crippen LogP contribution in [0.1, 0.15) is 67.2 Å². The van der Waals surface area contributed by atoms with Gasteiger partial charge >= 0.3 is 5.97 Å². The Morgan fingerprint density at radius 2 is 1.97 bits per heavy atom. The number of fused-ring (bicyclic) bond motifs is 3. The fraction of sp³-hybridized carbons (Fsp3) is 0.692. The number of allylic oxidation sites excluding steroid dienone is 3. The standard InChI is InChI=1S/C26H38O5/c1-8-16(5)25(28)30-24-21-20-19(14(2)3)13-12-15(4)10-9-11-17(6)23(20)31-26(21)29-18(7)22(24)27/h8,10,14,18-21,23-24,26H,6,9,11-13H2,1-5,7H3. The topological polar surface area (TPSA) is 61.8 Å². The van der Waals surface area contributed by atoms with Crippen molar-refractivity contribution in [3.8, 4) is 0 Å². The first kappa shape index (κ1) is 23.9. The molecule has 2 saturated heterocycles. The van der Waals surface area contributed by atoms with Gasteiger partial charge in [-0.3, -0.25) is 4.79 Å². The van der Waals surface area contributed by atoms with Crippen LogP contribution in [0.25, 0.3) is 0 Å². The lowest BCUT2D eigenvalue weighted by molar-refractivity contribution is -0.217. The number of esters is 1. The van der Waals surface area contributed by atoms with Crippen molar-refractivity contribution in [2.24, 2.45) is 23.7 Å². The summed E-state index contributed by atoms with van der Waals surface area (Å²) >= 11 is 0. The first-order chi connectivity index (χ1) is 14.6. The first-order valence-corrected chi connectivity index (χ1v) is 11.7. The average molecular weight is 431 g/mol. The van der Waals surface area contributed by atoms with Crippen molar-refractivity contribution < 1.29 is 23.8 Å². The molecule has 0 aromatic heterocycles.